The number of pyridine rings is 4. The van der Waals surface area contributed by atoms with Crippen molar-refractivity contribution in [3.8, 4) is 0 Å². The summed E-state index contributed by atoms with van der Waals surface area (Å²) < 4.78 is 64.1. The number of nitrogens with zero attached hydrogens (tertiary/aromatic N) is 8. The number of fused-ring (bicyclic) bond motifs is 2. The number of rotatable bonds is 3. The van der Waals surface area contributed by atoms with Gasteiger partial charge in [0.05, 0.1) is 4.90 Å². The van der Waals surface area contributed by atoms with E-state index in [0.29, 0.717) is 39.6 Å². The van der Waals surface area contributed by atoms with Crippen LogP contribution in [0.3, 0.4) is 0 Å². The van der Waals surface area contributed by atoms with E-state index >= 15 is 0 Å². The minimum atomic E-state index is -4.33. The van der Waals surface area contributed by atoms with Crippen LogP contribution in [0.2, 0.25) is 0 Å². The monoisotopic (exact) mass is 1300 g/mol. The molecular weight excluding hydrogens is 1220 g/mol. The molecule has 407 valence electrons. The van der Waals surface area contributed by atoms with Crippen LogP contribution in [0.5, 0.6) is 0 Å². The summed E-state index contributed by atoms with van der Waals surface area (Å²) in [5.74, 6) is 12.6. The summed E-state index contributed by atoms with van der Waals surface area (Å²) in [4.78, 5) is 12.1. The number of anilines is 3. The smallest absolute Gasteiger partial charge is 0.313 e. The Morgan fingerprint density at radius 2 is 1.03 bits per heavy atom. The van der Waals surface area contributed by atoms with Gasteiger partial charge in [-0.2, -0.15) is 59.1 Å². The van der Waals surface area contributed by atoms with Crippen molar-refractivity contribution in [2.75, 3.05) is 23.0 Å². The van der Waals surface area contributed by atoms with Gasteiger partial charge < -0.3 is 31.3 Å². The average Bonchev–Trinajstić information content (AvgIpc) is 3.90. The first-order chi connectivity index (χ1) is 33.5. The third-order valence-electron chi connectivity index (χ3n) is 8.08. The predicted octanol–water partition coefficient (Wildman–Crippen LogP) is 8.43. The molecule has 8 rings (SSSR count). The van der Waals surface area contributed by atoms with E-state index in [2.05, 4.69) is 47.6 Å². The zero-order valence-corrected chi connectivity index (χ0v) is 55.8. The Morgan fingerprint density at radius 3 is 1.39 bits per heavy atom. The minimum Gasteiger partial charge on any atom is -0.744 e. The number of aromatic nitrogens is 8. The molecule has 0 saturated heterocycles. The number of hydrogen-bond acceptors (Lipinski definition) is 16. The van der Waals surface area contributed by atoms with E-state index in [1.807, 2.05) is 89.3 Å². The van der Waals surface area contributed by atoms with Gasteiger partial charge in [0.1, 0.15) is 26.7 Å². The maximum Gasteiger partial charge on any atom is 0.313 e. The summed E-state index contributed by atoms with van der Waals surface area (Å²) in [6, 6.07) is 29.2. The van der Waals surface area contributed by atoms with Crippen molar-refractivity contribution in [2.24, 2.45) is 5.90 Å². The summed E-state index contributed by atoms with van der Waals surface area (Å²) >= 11 is 0. The van der Waals surface area contributed by atoms with Crippen molar-refractivity contribution in [3.63, 3.8) is 0 Å². The van der Waals surface area contributed by atoms with E-state index in [4.69, 9.17) is 28.9 Å². The van der Waals surface area contributed by atoms with Gasteiger partial charge >= 0.3 is 10.1 Å². The van der Waals surface area contributed by atoms with Gasteiger partial charge in [0.2, 0.25) is 0 Å². The Morgan fingerprint density at radius 1 is 0.600 bits per heavy atom. The standard InChI is InChI=1S/C9H13NO3S.C9H12O3S.C7H8N4.C7H6N3.C5H6N3.C5H5N2.4C2H6.CH4.3Y/c1-6-4-7(2)9(8(3)5-6)14(11,12)13-10;1-6-4-7(2)9(8(3)5-6)13(10,11)12;1-5-9-7-4-6(8)2-3-11(7)10-5;1-6-8-7-4-2-3-5-10(7)9-6;6-5-3-1-2-4-8(5)7;6-5-3-1-2-4-7-5;4*1-2;;;;/h4-5H,10H2,1-3H3;4-5H,1-3H3,(H,10,11,12);2-4H,8H2,1H3;3-5H,1H3;2-4,6H,7H2;2-4H,(H2,6,7);4*1-2H3;1H4;;;/q;;;3*-1;;;;;;;;. The molecule has 10 N–H and O–H groups in total. The van der Waals surface area contributed by atoms with E-state index in [1.54, 1.807) is 128 Å². The summed E-state index contributed by atoms with van der Waals surface area (Å²) in [6.45, 7) is 30.2. The van der Waals surface area contributed by atoms with Crippen LogP contribution in [-0.2, 0) is 123 Å². The van der Waals surface area contributed by atoms with E-state index in [-0.39, 0.29) is 115 Å². The minimum absolute atomic E-state index is 0. The molecule has 0 aliphatic rings. The Labute approximate surface area is 523 Å². The molecule has 8 aromatic rings. The zero-order valence-electron chi connectivity index (χ0n) is 45.7. The van der Waals surface area contributed by atoms with E-state index in [0.717, 1.165) is 34.1 Å². The number of aryl methyl sites for hydroxylation is 8. The van der Waals surface area contributed by atoms with Gasteiger partial charge in [-0.05, 0) is 83.7 Å². The van der Waals surface area contributed by atoms with Gasteiger partial charge in [0.15, 0.2) is 11.5 Å². The second-order valence-electron chi connectivity index (χ2n) is 13.6. The van der Waals surface area contributed by atoms with Gasteiger partial charge in [-0.25, -0.2) is 22.6 Å². The van der Waals surface area contributed by atoms with Crippen LogP contribution in [0.15, 0.2) is 107 Å². The molecule has 0 atom stereocenters. The van der Waals surface area contributed by atoms with Gasteiger partial charge in [-0.3, -0.25) is 10.8 Å². The third-order valence-corrected chi connectivity index (χ3v) is 10.6. The molecule has 6 aromatic heterocycles. The summed E-state index contributed by atoms with van der Waals surface area (Å²) in [6.07, 6.45) is 6.87. The normalized spacial score (nSPS) is 9.25. The van der Waals surface area contributed by atoms with Gasteiger partial charge in [-0.15, -0.1) is 18.2 Å². The van der Waals surface area contributed by atoms with E-state index < -0.39 is 20.2 Å². The second-order valence-corrected chi connectivity index (χ2v) is 16.4. The fraction of sp³-hybridized carbons (Fsp3) is 0.333. The van der Waals surface area contributed by atoms with Crippen molar-refractivity contribution in [1.82, 2.24) is 34.2 Å². The molecule has 0 fully saturated rings. The molecule has 0 saturated carbocycles. The molecule has 24 heteroatoms. The fourth-order valence-corrected chi connectivity index (χ4v) is 7.73. The quantitative estimate of drug-likeness (QED) is 0.0364. The predicted molar refractivity (Wildman–Crippen MR) is 290 cm³/mol. The first-order valence-corrected chi connectivity index (χ1v) is 25.4. The molecule has 2 aromatic carbocycles. The van der Waals surface area contributed by atoms with Crippen molar-refractivity contribution in [1.29, 1.82) is 0 Å². The molecule has 3 radical (unpaired) electrons. The molecule has 0 aliphatic heterocycles. The summed E-state index contributed by atoms with van der Waals surface area (Å²) in [7, 11) is -8.13. The Kier molecular flexibility index (Phi) is 48.8. The van der Waals surface area contributed by atoms with Crippen LogP contribution in [0.4, 0.5) is 17.3 Å². The molecule has 0 spiro atoms. The molecule has 0 amide bonds. The topological polar surface area (TPSA) is 308 Å². The molecule has 75 heavy (non-hydrogen) atoms. The van der Waals surface area contributed by atoms with Crippen LogP contribution >= 0.6 is 0 Å². The molecule has 0 aliphatic carbocycles. The zero-order chi connectivity index (χ0) is 55.1. The summed E-state index contributed by atoms with van der Waals surface area (Å²) in [5.41, 5.74) is 22.8. The van der Waals surface area contributed by atoms with Crippen molar-refractivity contribution < 1.29 is 128 Å². The SMILES string of the molecule is C.CC.CC.CC.CC.Cc1cc(C)c(S(=O)(=O)ON)c(C)c1.Cc1cc(C)c(S(=O)(=O)[O-])c(C)c1.Cc1nc2c[c-]ccn2n1.Cc1nc2cc(N)ccn2n1.Nc1c[c-]cc[n+]1N.Nc1c[c-]ccn1.[Y].[Y].[Y]. The first-order valence-electron chi connectivity index (χ1n) is 22.5. The fourth-order valence-electron chi connectivity index (χ4n) is 5.82. The van der Waals surface area contributed by atoms with Gasteiger partial charge in [-0.1, -0.05) is 117 Å². The largest absolute Gasteiger partial charge is 0.744 e. The van der Waals surface area contributed by atoms with E-state index in [9.17, 15) is 21.4 Å². The van der Waals surface area contributed by atoms with Crippen molar-refractivity contribution in [3.05, 3.63) is 161 Å². The molecule has 6 heterocycles. The molecule has 19 nitrogen and oxygen atoms in total. The number of nitrogen functional groups attached to an aromatic ring is 4. The Hall–Kier alpha value is -3.73. The molecular formula is C51H78N13O6S2Y3-3. The van der Waals surface area contributed by atoms with E-state index in [1.165, 1.54) is 4.68 Å². The first kappa shape index (κ1) is 82.6. The van der Waals surface area contributed by atoms with Crippen molar-refractivity contribution in [2.45, 2.75) is 128 Å². The molecule has 0 unspecified atom stereocenters. The van der Waals surface area contributed by atoms with Crippen LogP contribution < -0.4 is 33.6 Å². The van der Waals surface area contributed by atoms with Crippen LogP contribution in [0, 0.1) is 73.6 Å². The second kappa shape index (κ2) is 44.3. The Bertz CT molecular complexity index is 2900. The van der Waals surface area contributed by atoms with Crippen LogP contribution in [-0.4, -0.2) is 55.6 Å². The van der Waals surface area contributed by atoms with Gasteiger partial charge in [0.25, 0.3) is 0 Å². The average molecular weight is 1300 g/mol. The number of benzene rings is 2. The van der Waals surface area contributed by atoms with Gasteiger partial charge in [0, 0.05) is 134 Å². The summed E-state index contributed by atoms with van der Waals surface area (Å²) in [5, 5.41) is 8.20. The van der Waals surface area contributed by atoms with Crippen LogP contribution in [0.25, 0.3) is 11.3 Å². The maximum atomic E-state index is 11.4. The molecule has 0 bridgehead atoms. The van der Waals surface area contributed by atoms with Crippen molar-refractivity contribution >= 4 is 48.9 Å². The maximum absolute atomic E-state index is 11.4. The third kappa shape index (κ3) is 31.3. The number of nitrogens with two attached hydrogens (primary N) is 5. The Balaban J connectivity index is -0.000000185. The number of hydrogen-bond donors (Lipinski definition) is 5. The van der Waals surface area contributed by atoms with Crippen LogP contribution in [0.1, 0.15) is 108 Å².